The maximum absolute atomic E-state index is 12.8. The van der Waals surface area contributed by atoms with Gasteiger partial charge in [0.05, 0.1) is 22.0 Å². The van der Waals surface area contributed by atoms with E-state index in [4.69, 9.17) is 16.1 Å². The van der Waals surface area contributed by atoms with Crippen molar-refractivity contribution < 1.29 is 27.3 Å². The van der Waals surface area contributed by atoms with E-state index < -0.39 is 23.6 Å². The summed E-state index contributed by atoms with van der Waals surface area (Å²) in [6.45, 7) is 0. The number of benzene rings is 1. The molecule has 1 fully saturated rings. The Balaban J connectivity index is 1.30. The molecule has 0 atom stereocenters. The first-order valence-electron chi connectivity index (χ1n) is 9.10. The minimum absolute atomic E-state index is 0.0186. The summed E-state index contributed by atoms with van der Waals surface area (Å²) in [4.78, 5) is 24.3. The molecule has 8 nitrogen and oxygen atoms in total. The largest absolute Gasteiger partial charge is 0.416 e. The molecule has 0 bridgehead atoms. The van der Waals surface area contributed by atoms with E-state index in [0.29, 0.717) is 16.0 Å². The molecule has 0 spiro atoms. The van der Waals surface area contributed by atoms with Crippen LogP contribution in [0.2, 0.25) is 5.02 Å². The molecule has 0 aliphatic heterocycles. The van der Waals surface area contributed by atoms with Gasteiger partial charge in [-0.2, -0.15) is 13.2 Å². The molecule has 1 saturated carbocycles. The Hall–Kier alpha value is -2.64. The van der Waals surface area contributed by atoms with E-state index in [-0.39, 0.29) is 27.3 Å². The van der Waals surface area contributed by atoms with Crippen molar-refractivity contribution in [1.82, 2.24) is 15.4 Å². The van der Waals surface area contributed by atoms with Crippen molar-refractivity contribution in [2.45, 2.75) is 29.3 Å². The third kappa shape index (κ3) is 5.58. The van der Waals surface area contributed by atoms with E-state index in [0.717, 1.165) is 54.1 Å². The molecule has 0 saturated heterocycles. The van der Waals surface area contributed by atoms with Crippen LogP contribution in [-0.2, 0) is 11.0 Å². The van der Waals surface area contributed by atoms with Gasteiger partial charge in [0.15, 0.2) is 10.0 Å². The number of nitrogens with one attached hydrogen (secondary N) is 2. The predicted octanol–water partition coefficient (Wildman–Crippen LogP) is 5.06. The van der Waals surface area contributed by atoms with Crippen LogP contribution in [-0.4, -0.2) is 32.9 Å². The third-order valence-electron chi connectivity index (χ3n) is 4.26. The molecule has 2 aromatic heterocycles. The SMILES string of the molecule is O=C(CSc1nnc(NC(=O)c2cc(C3CC3)on2)s1)Nc1cc(C(F)(F)F)ccc1Cl. The summed E-state index contributed by atoms with van der Waals surface area (Å²) in [5, 5.41) is 16.5. The Morgan fingerprint density at radius 1 is 1.22 bits per heavy atom. The second kappa shape index (κ2) is 9.08. The van der Waals surface area contributed by atoms with Crippen molar-refractivity contribution in [2.75, 3.05) is 16.4 Å². The van der Waals surface area contributed by atoms with Gasteiger partial charge in [0.25, 0.3) is 5.91 Å². The second-order valence-corrected chi connectivity index (χ2v) is 9.35. The van der Waals surface area contributed by atoms with Crippen molar-refractivity contribution in [3.63, 3.8) is 0 Å². The van der Waals surface area contributed by atoms with Crippen LogP contribution < -0.4 is 10.6 Å². The summed E-state index contributed by atoms with van der Waals surface area (Å²) in [5.41, 5.74) is -0.935. The first kappa shape index (κ1) is 22.6. The average Bonchev–Trinajstić information content (AvgIpc) is 3.28. The van der Waals surface area contributed by atoms with Crippen LogP contribution in [0.1, 0.15) is 40.6 Å². The number of nitrogens with zero attached hydrogens (tertiary/aromatic N) is 3. The monoisotopic (exact) mass is 503 g/mol. The van der Waals surface area contributed by atoms with E-state index in [9.17, 15) is 22.8 Å². The first-order valence-corrected chi connectivity index (χ1v) is 11.3. The fourth-order valence-corrected chi connectivity index (χ4v) is 4.26. The van der Waals surface area contributed by atoms with E-state index >= 15 is 0 Å². The van der Waals surface area contributed by atoms with Crippen LogP contribution in [0.4, 0.5) is 24.0 Å². The van der Waals surface area contributed by atoms with Gasteiger partial charge in [-0.1, -0.05) is 39.9 Å². The van der Waals surface area contributed by atoms with Gasteiger partial charge in [0, 0.05) is 12.0 Å². The molecule has 0 radical (unpaired) electrons. The third-order valence-corrected chi connectivity index (χ3v) is 6.56. The van der Waals surface area contributed by atoms with Crippen LogP contribution in [0.5, 0.6) is 0 Å². The lowest BCUT2D eigenvalue weighted by atomic mass is 10.2. The molecule has 3 aromatic rings. The molecule has 0 unspecified atom stereocenters. The van der Waals surface area contributed by atoms with E-state index in [1.165, 1.54) is 0 Å². The second-order valence-electron chi connectivity index (χ2n) is 6.75. The smallest absolute Gasteiger partial charge is 0.360 e. The molecule has 1 aromatic carbocycles. The number of aromatic nitrogens is 3. The summed E-state index contributed by atoms with van der Waals surface area (Å²) in [7, 11) is 0. The summed E-state index contributed by atoms with van der Waals surface area (Å²) < 4.78 is 44.0. The Bertz CT molecular complexity index is 1160. The van der Waals surface area contributed by atoms with Crippen molar-refractivity contribution in [2.24, 2.45) is 0 Å². The van der Waals surface area contributed by atoms with Crippen LogP contribution in [0, 0.1) is 0 Å². The lowest BCUT2D eigenvalue weighted by Crippen LogP contribution is -2.15. The van der Waals surface area contributed by atoms with Gasteiger partial charge < -0.3 is 9.84 Å². The zero-order valence-electron chi connectivity index (χ0n) is 15.9. The number of thioether (sulfide) groups is 1. The van der Waals surface area contributed by atoms with Gasteiger partial charge in [-0.05, 0) is 31.0 Å². The molecule has 4 rings (SSSR count). The van der Waals surface area contributed by atoms with Crippen LogP contribution in [0.3, 0.4) is 0 Å². The average molecular weight is 504 g/mol. The Morgan fingerprint density at radius 3 is 2.72 bits per heavy atom. The molecule has 1 aliphatic carbocycles. The molecule has 14 heteroatoms. The Kier molecular flexibility index (Phi) is 6.40. The minimum Gasteiger partial charge on any atom is -0.360 e. The fraction of sp³-hybridized carbons (Fsp3) is 0.278. The summed E-state index contributed by atoms with van der Waals surface area (Å²) in [5.74, 6) is -0.220. The highest BCUT2D eigenvalue weighted by Gasteiger charge is 2.31. The summed E-state index contributed by atoms with van der Waals surface area (Å²) >= 11 is 7.91. The number of carbonyl (C=O) groups is 2. The van der Waals surface area contributed by atoms with Gasteiger partial charge in [0.2, 0.25) is 11.0 Å². The first-order chi connectivity index (χ1) is 15.2. The predicted molar refractivity (Wildman–Crippen MR) is 112 cm³/mol. The zero-order chi connectivity index (χ0) is 22.9. The lowest BCUT2D eigenvalue weighted by molar-refractivity contribution is -0.137. The molecular weight excluding hydrogens is 491 g/mol. The number of halogens is 4. The molecule has 1 aliphatic rings. The highest BCUT2D eigenvalue weighted by Crippen LogP contribution is 2.40. The number of rotatable bonds is 7. The van der Waals surface area contributed by atoms with Crippen LogP contribution in [0.15, 0.2) is 33.1 Å². The number of alkyl halides is 3. The summed E-state index contributed by atoms with van der Waals surface area (Å²) in [6, 6.07) is 4.25. The molecular formula is C18H13ClF3N5O3S2. The number of hydrogen-bond acceptors (Lipinski definition) is 8. The van der Waals surface area contributed by atoms with Gasteiger partial charge >= 0.3 is 6.18 Å². The van der Waals surface area contributed by atoms with Gasteiger partial charge in [-0.25, -0.2) is 0 Å². The zero-order valence-corrected chi connectivity index (χ0v) is 18.3. The van der Waals surface area contributed by atoms with Crippen molar-refractivity contribution in [1.29, 1.82) is 0 Å². The number of amides is 2. The molecule has 2 N–H and O–H groups in total. The quantitative estimate of drug-likeness (QED) is 0.342. The normalized spacial score (nSPS) is 13.8. The fourth-order valence-electron chi connectivity index (χ4n) is 2.55. The van der Waals surface area contributed by atoms with Crippen LogP contribution in [0.25, 0.3) is 0 Å². The maximum Gasteiger partial charge on any atom is 0.416 e. The van der Waals surface area contributed by atoms with E-state index in [1.54, 1.807) is 6.07 Å². The molecule has 32 heavy (non-hydrogen) atoms. The maximum atomic E-state index is 12.8. The van der Waals surface area contributed by atoms with Gasteiger partial charge in [0.1, 0.15) is 5.76 Å². The van der Waals surface area contributed by atoms with Crippen molar-refractivity contribution >= 4 is 57.3 Å². The number of hydrogen-bond donors (Lipinski definition) is 2. The Morgan fingerprint density at radius 2 is 2.00 bits per heavy atom. The highest BCUT2D eigenvalue weighted by atomic mass is 35.5. The number of carbonyl (C=O) groups excluding carboxylic acids is 2. The molecule has 2 amide bonds. The highest BCUT2D eigenvalue weighted by molar-refractivity contribution is 8.01. The van der Waals surface area contributed by atoms with Crippen LogP contribution >= 0.6 is 34.7 Å². The lowest BCUT2D eigenvalue weighted by Gasteiger charge is -2.11. The Labute approximate surface area is 191 Å². The summed E-state index contributed by atoms with van der Waals surface area (Å²) in [6.07, 6.45) is -2.53. The standard InChI is InChI=1S/C18H13ClF3N5O3S2/c19-10-4-3-9(18(20,21)22)5-11(10)23-14(28)7-31-17-26-25-16(32-17)24-15(29)12-6-13(30-27-12)8-1-2-8/h3-6,8H,1-2,7H2,(H,23,28)(H,24,25,29). The van der Waals surface area contributed by atoms with E-state index in [1.807, 2.05) is 0 Å². The van der Waals surface area contributed by atoms with Gasteiger partial charge in [-0.15, -0.1) is 10.2 Å². The number of anilines is 2. The van der Waals surface area contributed by atoms with Gasteiger partial charge in [-0.3, -0.25) is 14.9 Å². The van der Waals surface area contributed by atoms with Crippen molar-refractivity contribution in [3.05, 3.63) is 46.3 Å². The molecule has 168 valence electrons. The van der Waals surface area contributed by atoms with E-state index in [2.05, 4.69) is 26.0 Å². The topological polar surface area (TPSA) is 110 Å². The van der Waals surface area contributed by atoms with Crippen molar-refractivity contribution in [3.8, 4) is 0 Å². The molecule has 2 heterocycles. The minimum atomic E-state index is -4.56.